The van der Waals surface area contributed by atoms with Gasteiger partial charge >= 0.3 is 5.97 Å². The molecule has 0 aliphatic carbocycles. The molecule has 3 N–H and O–H groups in total. The molecule has 4 aromatic rings. The summed E-state index contributed by atoms with van der Waals surface area (Å²) in [6.07, 6.45) is 4.31. The minimum atomic E-state index is -0.647. The number of hydrogen-bond acceptors (Lipinski definition) is 8. The van der Waals surface area contributed by atoms with Crippen molar-refractivity contribution in [2.75, 3.05) is 24.2 Å². The molecule has 4 rings (SSSR count). The zero-order chi connectivity index (χ0) is 27.9. The zero-order valence-corrected chi connectivity index (χ0v) is 22.4. The molecule has 0 aliphatic heterocycles. The maximum Gasteiger partial charge on any atom is 0.349 e. The van der Waals surface area contributed by atoms with E-state index in [0.717, 1.165) is 39.0 Å². The van der Waals surface area contributed by atoms with Crippen LogP contribution in [0.3, 0.4) is 0 Å². The van der Waals surface area contributed by atoms with E-state index in [-0.39, 0.29) is 12.5 Å². The van der Waals surface area contributed by atoms with Crippen LogP contribution in [0.15, 0.2) is 66.9 Å². The van der Waals surface area contributed by atoms with Gasteiger partial charge in [-0.2, -0.15) is 0 Å². The van der Waals surface area contributed by atoms with E-state index >= 15 is 0 Å². The van der Waals surface area contributed by atoms with Crippen molar-refractivity contribution in [2.45, 2.75) is 27.4 Å². The molecule has 0 aliphatic rings. The molecule has 0 spiro atoms. The van der Waals surface area contributed by atoms with Gasteiger partial charge in [-0.25, -0.2) is 14.8 Å². The van der Waals surface area contributed by atoms with Gasteiger partial charge in [0.2, 0.25) is 5.91 Å². The van der Waals surface area contributed by atoms with Crippen molar-refractivity contribution in [1.82, 2.24) is 15.4 Å². The molecule has 9 nitrogen and oxygen atoms in total. The number of nitrogens with two attached hydrogens (primary N) is 1. The van der Waals surface area contributed by atoms with Crippen LogP contribution < -0.4 is 20.9 Å². The van der Waals surface area contributed by atoms with Crippen molar-refractivity contribution in [3.63, 3.8) is 0 Å². The summed E-state index contributed by atoms with van der Waals surface area (Å²) < 4.78 is 6.22. The Hall–Kier alpha value is -4.76. The smallest absolute Gasteiger partial charge is 0.349 e. The Morgan fingerprint density at radius 1 is 1.05 bits per heavy atom. The van der Waals surface area contributed by atoms with Gasteiger partial charge in [0.25, 0.3) is 0 Å². The number of amides is 1. The molecule has 0 saturated heterocycles. The Morgan fingerprint density at radius 2 is 1.87 bits per heavy atom. The fraction of sp³-hybridized carbons (Fsp3) is 0.200. The van der Waals surface area contributed by atoms with E-state index in [1.165, 1.54) is 17.2 Å². The third-order valence-electron chi connectivity index (χ3n) is 6.35. The number of benzene rings is 2. The number of likely N-dealkylation sites (N-methyl/N-ethyl adjacent to an activating group) is 1. The Labute approximate surface area is 227 Å². The summed E-state index contributed by atoms with van der Waals surface area (Å²) in [4.78, 5) is 39.9. The monoisotopic (exact) mass is 525 g/mol. The topological polar surface area (TPSA) is 120 Å². The summed E-state index contributed by atoms with van der Waals surface area (Å²) in [5.41, 5.74) is 14.1. The Balaban J connectivity index is 1.37. The molecular formula is C30H31N5O4. The van der Waals surface area contributed by atoms with E-state index in [1.54, 1.807) is 25.3 Å². The van der Waals surface area contributed by atoms with Crippen molar-refractivity contribution < 1.29 is 19.2 Å². The van der Waals surface area contributed by atoms with Crippen LogP contribution in [0.2, 0.25) is 0 Å². The standard InChI is InChI=1S/C30H31N5O4/c1-19-8-13-25(21(3)24(19)18-38-26-7-5-6-23-12-9-20(2)34-30(23)26)35(4)28(36)17-33-39-29(37)15-11-22-10-14-27(31)32-16-22/h5-16,33H,17-18H2,1-4H3,(H2,31,32). The number of carbonyl (C=O) groups is 2. The number of pyridine rings is 2. The number of anilines is 2. The van der Waals surface area contributed by atoms with Crippen molar-refractivity contribution in [2.24, 2.45) is 0 Å². The SMILES string of the molecule is Cc1ccc2cccc(OCc3c(C)ccc(N(C)C(=O)CNOC(=O)C=Cc4ccc(N)nc4)c3C)c2n1. The number of aryl methyl sites for hydroxylation is 2. The molecule has 2 aromatic carbocycles. The first-order valence-electron chi connectivity index (χ1n) is 12.4. The molecule has 2 heterocycles. The minimum absolute atomic E-state index is 0.195. The minimum Gasteiger partial charge on any atom is -0.487 e. The molecule has 9 heteroatoms. The zero-order valence-electron chi connectivity index (χ0n) is 22.4. The number of hydrogen-bond donors (Lipinski definition) is 2. The number of fused-ring (bicyclic) bond motifs is 1. The first kappa shape index (κ1) is 27.3. The second-order valence-electron chi connectivity index (χ2n) is 9.12. The fourth-order valence-electron chi connectivity index (χ4n) is 4.08. The second-order valence-corrected chi connectivity index (χ2v) is 9.12. The van der Waals surface area contributed by atoms with Crippen molar-refractivity contribution in [3.05, 3.63) is 94.8 Å². The highest BCUT2D eigenvalue weighted by atomic mass is 16.7. The first-order valence-corrected chi connectivity index (χ1v) is 12.4. The average molecular weight is 526 g/mol. The lowest BCUT2D eigenvalue weighted by molar-refractivity contribution is -0.145. The number of nitrogens with zero attached hydrogens (tertiary/aromatic N) is 3. The number of ether oxygens (including phenoxy) is 1. The molecule has 0 fully saturated rings. The number of nitrogen functional groups attached to an aromatic ring is 1. The number of para-hydroxylation sites is 1. The molecule has 200 valence electrons. The molecule has 0 unspecified atom stereocenters. The third kappa shape index (κ3) is 6.77. The van der Waals surface area contributed by atoms with Gasteiger partial charge in [0, 0.05) is 36.1 Å². The predicted molar refractivity (Wildman–Crippen MR) is 152 cm³/mol. The fourth-order valence-corrected chi connectivity index (χ4v) is 4.08. The molecule has 1 amide bonds. The number of hydroxylamine groups is 1. The van der Waals surface area contributed by atoms with E-state index in [0.29, 0.717) is 23.7 Å². The summed E-state index contributed by atoms with van der Waals surface area (Å²) in [6, 6.07) is 17.1. The van der Waals surface area contributed by atoms with Gasteiger partial charge in [-0.1, -0.05) is 24.3 Å². The predicted octanol–water partition coefficient (Wildman–Crippen LogP) is 4.44. The summed E-state index contributed by atoms with van der Waals surface area (Å²) in [7, 11) is 1.68. The van der Waals surface area contributed by atoms with Gasteiger partial charge in [-0.05, 0) is 79.4 Å². The molecule has 0 bridgehead atoms. The van der Waals surface area contributed by atoms with E-state index in [1.807, 2.05) is 63.2 Å². The largest absolute Gasteiger partial charge is 0.487 e. The molecule has 39 heavy (non-hydrogen) atoms. The maximum atomic E-state index is 12.8. The summed E-state index contributed by atoms with van der Waals surface area (Å²) in [5.74, 6) is 0.172. The third-order valence-corrected chi connectivity index (χ3v) is 6.35. The van der Waals surface area contributed by atoms with Gasteiger partial charge in [-0.3, -0.25) is 4.79 Å². The normalized spacial score (nSPS) is 11.1. The average Bonchev–Trinajstić information content (AvgIpc) is 2.92. The summed E-state index contributed by atoms with van der Waals surface area (Å²) >= 11 is 0. The molecule has 2 aromatic heterocycles. The Bertz CT molecular complexity index is 1530. The number of rotatable bonds is 9. The van der Waals surface area contributed by atoms with Gasteiger partial charge < -0.3 is 20.2 Å². The number of carbonyl (C=O) groups excluding carboxylic acids is 2. The highest BCUT2D eigenvalue weighted by molar-refractivity contribution is 5.95. The highest BCUT2D eigenvalue weighted by Gasteiger charge is 2.17. The van der Waals surface area contributed by atoms with E-state index in [2.05, 4.69) is 15.4 Å². The first-order chi connectivity index (χ1) is 18.7. The van der Waals surface area contributed by atoms with Crippen LogP contribution in [0.5, 0.6) is 5.75 Å². The molecular weight excluding hydrogens is 494 g/mol. The molecule has 0 atom stereocenters. The van der Waals surface area contributed by atoms with E-state index < -0.39 is 5.97 Å². The van der Waals surface area contributed by atoms with Crippen molar-refractivity contribution in [1.29, 1.82) is 0 Å². The lowest BCUT2D eigenvalue weighted by atomic mass is 10.0. The van der Waals surface area contributed by atoms with Crippen LogP contribution in [-0.4, -0.2) is 35.4 Å². The van der Waals surface area contributed by atoms with Crippen molar-refractivity contribution >= 4 is 40.4 Å². The quantitative estimate of drug-likeness (QED) is 0.243. The van der Waals surface area contributed by atoms with Gasteiger partial charge in [0.1, 0.15) is 30.2 Å². The maximum absolute atomic E-state index is 12.8. The number of aromatic nitrogens is 2. The van der Waals surface area contributed by atoms with Crippen LogP contribution in [0, 0.1) is 20.8 Å². The lowest BCUT2D eigenvalue weighted by Gasteiger charge is -2.23. The number of nitrogens with one attached hydrogen (secondary N) is 1. The van der Waals surface area contributed by atoms with E-state index in [4.69, 9.17) is 15.3 Å². The van der Waals surface area contributed by atoms with Crippen LogP contribution in [-0.2, 0) is 21.0 Å². The summed E-state index contributed by atoms with van der Waals surface area (Å²) in [5, 5.41) is 1.01. The Kier molecular flexibility index (Phi) is 8.53. The molecule has 0 saturated carbocycles. The lowest BCUT2D eigenvalue weighted by Crippen LogP contribution is -2.36. The Morgan fingerprint density at radius 3 is 2.64 bits per heavy atom. The molecule has 0 radical (unpaired) electrons. The highest BCUT2D eigenvalue weighted by Crippen LogP contribution is 2.29. The van der Waals surface area contributed by atoms with Gasteiger partial charge in [0.15, 0.2) is 0 Å². The van der Waals surface area contributed by atoms with Crippen LogP contribution >= 0.6 is 0 Å². The van der Waals surface area contributed by atoms with Crippen LogP contribution in [0.25, 0.3) is 17.0 Å². The van der Waals surface area contributed by atoms with Gasteiger partial charge in [-0.15, -0.1) is 5.48 Å². The van der Waals surface area contributed by atoms with Gasteiger partial charge in [0.05, 0.1) is 0 Å². The second kappa shape index (κ2) is 12.2. The van der Waals surface area contributed by atoms with Crippen LogP contribution in [0.4, 0.5) is 11.5 Å². The van der Waals surface area contributed by atoms with Crippen LogP contribution in [0.1, 0.15) is 27.9 Å². The summed E-state index contributed by atoms with van der Waals surface area (Å²) in [6.45, 7) is 6.05. The van der Waals surface area contributed by atoms with E-state index in [9.17, 15) is 9.59 Å². The van der Waals surface area contributed by atoms with Crippen molar-refractivity contribution in [3.8, 4) is 5.75 Å².